The van der Waals surface area contributed by atoms with Crippen LogP contribution in [-0.2, 0) is 6.54 Å². The van der Waals surface area contributed by atoms with Crippen LogP contribution < -0.4 is 5.32 Å². The van der Waals surface area contributed by atoms with Crippen LogP contribution in [-0.4, -0.2) is 17.0 Å². The van der Waals surface area contributed by atoms with E-state index in [0.717, 1.165) is 5.56 Å². The smallest absolute Gasteiger partial charge is 0.335 e. The number of hydrogen-bond donors (Lipinski definition) is 2. The summed E-state index contributed by atoms with van der Waals surface area (Å²) < 4.78 is 13.7. The van der Waals surface area contributed by atoms with Crippen LogP contribution in [0.5, 0.6) is 0 Å². The third-order valence-corrected chi connectivity index (χ3v) is 3.00. The Balaban J connectivity index is 2.07. The van der Waals surface area contributed by atoms with E-state index in [1.54, 1.807) is 25.1 Å². The first kappa shape index (κ1) is 14.7. The van der Waals surface area contributed by atoms with E-state index in [-0.39, 0.29) is 17.7 Å². The van der Waals surface area contributed by atoms with E-state index in [2.05, 4.69) is 5.32 Å². The minimum Gasteiger partial charge on any atom is -0.478 e. The van der Waals surface area contributed by atoms with Crippen LogP contribution in [0.4, 0.5) is 4.39 Å². The number of hydrogen-bond acceptors (Lipinski definition) is 2. The number of carbonyl (C=O) groups is 2. The van der Waals surface area contributed by atoms with Gasteiger partial charge in [0.1, 0.15) is 5.82 Å². The average molecular weight is 287 g/mol. The van der Waals surface area contributed by atoms with Crippen LogP contribution in [0, 0.1) is 12.7 Å². The Morgan fingerprint density at radius 1 is 1.19 bits per heavy atom. The van der Waals surface area contributed by atoms with Crippen molar-refractivity contribution in [2.75, 3.05) is 0 Å². The van der Waals surface area contributed by atoms with Gasteiger partial charge < -0.3 is 10.4 Å². The van der Waals surface area contributed by atoms with E-state index in [1.165, 1.54) is 24.3 Å². The predicted octanol–water partition coefficient (Wildman–Crippen LogP) is 2.76. The third kappa shape index (κ3) is 3.66. The van der Waals surface area contributed by atoms with Crippen LogP contribution in [0.3, 0.4) is 0 Å². The first-order chi connectivity index (χ1) is 9.97. The van der Waals surface area contributed by atoms with E-state index in [1.807, 2.05) is 0 Å². The summed E-state index contributed by atoms with van der Waals surface area (Å²) in [6.07, 6.45) is 0. The Kier molecular flexibility index (Phi) is 4.33. The van der Waals surface area contributed by atoms with Crippen LogP contribution in [0.2, 0.25) is 0 Å². The van der Waals surface area contributed by atoms with Gasteiger partial charge in [-0.3, -0.25) is 4.79 Å². The first-order valence-corrected chi connectivity index (χ1v) is 6.34. The number of nitrogens with one attached hydrogen (secondary N) is 1. The molecule has 2 rings (SSSR count). The van der Waals surface area contributed by atoms with Gasteiger partial charge in [0.2, 0.25) is 0 Å². The molecule has 0 heterocycles. The molecule has 0 spiro atoms. The monoisotopic (exact) mass is 287 g/mol. The van der Waals surface area contributed by atoms with Crippen molar-refractivity contribution >= 4 is 11.9 Å². The largest absolute Gasteiger partial charge is 0.478 e. The number of carbonyl (C=O) groups excluding carboxylic acids is 1. The molecule has 1 amide bonds. The lowest BCUT2D eigenvalue weighted by Gasteiger charge is -2.07. The van der Waals surface area contributed by atoms with Gasteiger partial charge in [-0.2, -0.15) is 0 Å². The van der Waals surface area contributed by atoms with Crippen molar-refractivity contribution in [2.45, 2.75) is 13.5 Å². The standard InChI is InChI=1S/C16H14FNO3/c1-10-5-6-13(14(17)7-10)15(19)18-9-11-3-2-4-12(8-11)16(20)21/h2-8H,9H2,1H3,(H,18,19)(H,20,21). The second kappa shape index (κ2) is 6.17. The summed E-state index contributed by atoms with van der Waals surface area (Å²) in [7, 11) is 0. The van der Waals surface area contributed by atoms with Gasteiger partial charge >= 0.3 is 5.97 Å². The molecule has 0 fully saturated rings. The molecular weight excluding hydrogens is 273 g/mol. The highest BCUT2D eigenvalue weighted by atomic mass is 19.1. The molecule has 0 atom stereocenters. The maximum Gasteiger partial charge on any atom is 0.335 e. The van der Waals surface area contributed by atoms with Crippen molar-refractivity contribution in [3.63, 3.8) is 0 Å². The lowest BCUT2D eigenvalue weighted by molar-refractivity contribution is 0.0696. The van der Waals surface area contributed by atoms with Gasteiger partial charge in [0, 0.05) is 6.54 Å². The van der Waals surface area contributed by atoms with Gasteiger partial charge in [0.15, 0.2) is 0 Å². The van der Waals surface area contributed by atoms with Gasteiger partial charge in [-0.25, -0.2) is 9.18 Å². The van der Waals surface area contributed by atoms with Gasteiger partial charge in [-0.15, -0.1) is 0 Å². The molecule has 2 aromatic rings. The number of carboxylic acid groups (broad SMARTS) is 1. The maximum absolute atomic E-state index is 13.7. The highest BCUT2D eigenvalue weighted by Gasteiger charge is 2.11. The van der Waals surface area contributed by atoms with Crippen molar-refractivity contribution in [3.8, 4) is 0 Å². The highest BCUT2D eigenvalue weighted by Crippen LogP contribution is 2.10. The number of aromatic carboxylic acids is 1. The fraction of sp³-hybridized carbons (Fsp3) is 0.125. The Labute approximate surface area is 121 Å². The van der Waals surface area contributed by atoms with Crippen LogP contribution >= 0.6 is 0 Å². The van der Waals surface area contributed by atoms with Crippen molar-refractivity contribution in [1.82, 2.24) is 5.32 Å². The molecule has 108 valence electrons. The second-order valence-corrected chi connectivity index (χ2v) is 4.67. The summed E-state index contributed by atoms with van der Waals surface area (Å²) in [4.78, 5) is 22.8. The Morgan fingerprint density at radius 3 is 2.62 bits per heavy atom. The molecule has 0 aliphatic carbocycles. The van der Waals surface area contributed by atoms with Crippen LogP contribution in [0.15, 0.2) is 42.5 Å². The zero-order valence-corrected chi connectivity index (χ0v) is 11.4. The molecule has 0 bridgehead atoms. The molecule has 0 radical (unpaired) electrons. The fourth-order valence-electron chi connectivity index (χ4n) is 1.90. The topological polar surface area (TPSA) is 66.4 Å². The zero-order valence-electron chi connectivity index (χ0n) is 11.4. The second-order valence-electron chi connectivity index (χ2n) is 4.67. The summed E-state index contributed by atoms with van der Waals surface area (Å²) in [6, 6.07) is 10.6. The lowest BCUT2D eigenvalue weighted by Crippen LogP contribution is -2.24. The Bertz CT molecular complexity index is 698. The van der Waals surface area contributed by atoms with E-state index in [9.17, 15) is 14.0 Å². The molecule has 2 N–H and O–H groups in total. The molecule has 21 heavy (non-hydrogen) atoms. The number of halogens is 1. The average Bonchev–Trinajstić information content (AvgIpc) is 2.45. The molecule has 0 saturated heterocycles. The summed E-state index contributed by atoms with van der Waals surface area (Å²) in [5, 5.41) is 11.5. The van der Waals surface area contributed by atoms with Crippen molar-refractivity contribution in [3.05, 3.63) is 70.5 Å². The van der Waals surface area contributed by atoms with Gasteiger partial charge in [-0.05, 0) is 42.3 Å². The fourth-order valence-corrected chi connectivity index (χ4v) is 1.90. The van der Waals surface area contributed by atoms with Crippen molar-refractivity contribution in [1.29, 1.82) is 0 Å². The summed E-state index contributed by atoms with van der Waals surface area (Å²) in [5.41, 5.74) is 1.48. The highest BCUT2D eigenvalue weighted by molar-refractivity contribution is 5.94. The number of amides is 1. The van der Waals surface area contributed by atoms with Crippen LogP contribution in [0.1, 0.15) is 31.8 Å². The molecule has 4 nitrogen and oxygen atoms in total. The first-order valence-electron chi connectivity index (χ1n) is 6.34. The maximum atomic E-state index is 13.7. The van der Waals surface area contributed by atoms with Gasteiger partial charge in [0.25, 0.3) is 5.91 Å². The SMILES string of the molecule is Cc1ccc(C(=O)NCc2cccc(C(=O)O)c2)c(F)c1. The summed E-state index contributed by atoms with van der Waals surface area (Å²) >= 11 is 0. The minimum atomic E-state index is -1.03. The van der Waals surface area contributed by atoms with Crippen molar-refractivity contribution < 1.29 is 19.1 Å². The van der Waals surface area contributed by atoms with E-state index in [0.29, 0.717) is 5.56 Å². The Hall–Kier alpha value is -2.69. The molecule has 2 aromatic carbocycles. The molecule has 0 saturated carbocycles. The normalized spacial score (nSPS) is 10.2. The minimum absolute atomic E-state index is 0.0324. The van der Waals surface area contributed by atoms with Gasteiger partial charge in [0.05, 0.1) is 11.1 Å². The van der Waals surface area contributed by atoms with Gasteiger partial charge in [-0.1, -0.05) is 18.2 Å². The number of benzene rings is 2. The van der Waals surface area contributed by atoms with Crippen LogP contribution in [0.25, 0.3) is 0 Å². The lowest BCUT2D eigenvalue weighted by atomic mass is 10.1. The Morgan fingerprint density at radius 2 is 1.95 bits per heavy atom. The quantitative estimate of drug-likeness (QED) is 0.908. The number of aryl methyl sites for hydroxylation is 1. The van der Waals surface area contributed by atoms with Crippen molar-refractivity contribution in [2.24, 2.45) is 0 Å². The zero-order chi connectivity index (χ0) is 15.4. The summed E-state index contributed by atoms with van der Waals surface area (Å²) in [5.74, 6) is -2.15. The molecular formula is C16H14FNO3. The molecule has 0 unspecified atom stereocenters. The third-order valence-electron chi connectivity index (χ3n) is 3.00. The number of carboxylic acids is 1. The molecule has 0 aliphatic heterocycles. The number of rotatable bonds is 4. The predicted molar refractivity (Wildman–Crippen MR) is 75.7 cm³/mol. The molecule has 0 aromatic heterocycles. The van der Waals surface area contributed by atoms with E-state index < -0.39 is 17.7 Å². The van der Waals surface area contributed by atoms with E-state index >= 15 is 0 Å². The molecule has 0 aliphatic rings. The summed E-state index contributed by atoms with van der Waals surface area (Å²) in [6.45, 7) is 1.87. The van der Waals surface area contributed by atoms with E-state index in [4.69, 9.17) is 5.11 Å². The molecule has 5 heteroatoms.